The summed E-state index contributed by atoms with van der Waals surface area (Å²) >= 11 is 0. The van der Waals surface area contributed by atoms with Crippen molar-refractivity contribution in [2.45, 2.75) is 88.2 Å². The average molecular weight is 695 g/mol. The average Bonchev–Trinajstić information content (AvgIpc) is 3.11. The molecule has 1 aliphatic rings. The number of carbonyl (C=O) groups is 2. The molecule has 1 aliphatic heterocycles. The van der Waals surface area contributed by atoms with Crippen LogP contribution in [-0.2, 0) is 39.0 Å². The van der Waals surface area contributed by atoms with E-state index in [2.05, 4.69) is 13.8 Å². The Morgan fingerprint density at radius 2 is 1.43 bits per heavy atom. The van der Waals surface area contributed by atoms with Gasteiger partial charge in [0.25, 0.3) is 0 Å². The summed E-state index contributed by atoms with van der Waals surface area (Å²) in [5.74, 6) is -1.63. The lowest BCUT2D eigenvalue weighted by Gasteiger charge is -2.43. The number of anilines is 1. The quantitative estimate of drug-likeness (QED) is 0.152. The second kappa shape index (κ2) is 16.7. The zero-order valence-corrected chi connectivity index (χ0v) is 29.8. The summed E-state index contributed by atoms with van der Waals surface area (Å²) in [6.07, 6.45) is 4.03. The fraction of sp³-hybridized carbons (Fsp3) is 0.474. The minimum absolute atomic E-state index is 0.180. The number of carboxylic acids is 2. The highest BCUT2D eigenvalue weighted by Gasteiger charge is 2.53. The zero-order valence-electron chi connectivity index (χ0n) is 29.0. The lowest BCUT2D eigenvalue weighted by Crippen LogP contribution is -2.43. The van der Waals surface area contributed by atoms with Gasteiger partial charge in [-0.3, -0.25) is 14.5 Å². The first-order chi connectivity index (χ1) is 23.3. The molecule has 0 aliphatic carbocycles. The molecule has 0 amide bonds. The number of aliphatic hydroxyl groups is 1. The first-order valence-corrected chi connectivity index (χ1v) is 18.5. The molecule has 1 heterocycles. The highest BCUT2D eigenvalue weighted by molar-refractivity contribution is 7.91. The van der Waals surface area contributed by atoms with Gasteiger partial charge in [0.2, 0.25) is 0 Å². The van der Waals surface area contributed by atoms with Crippen LogP contribution in [0.25, 0.3) is 0 Å². The van der Waals surface area contributed by atoms with Gasteiger partial charge in [-0.25, -0.2) is 8.42 Å². The number of aliphatic carboxylic acids is 2. The topological polar surface area (TPSA) is 145 Å². The van der Waals surface area contributed by atoms with E-state index in [4.69, 9.17) is 14.9 Å². The Morgan fingerprint density at radius 1 is 0.857 bits per heavy atom. The van der Waals surface area contributed by atoms with Crippen LogP contribution in [0.3, 0.4) is 0 Å². The molecule has 3 N–H and O–H groups in total. The second-order valence-corrected chi connectivity index (χ2v) is 15.4. The van der Waals surface area contributed by atoms with Crippen molar-refractivity contribution in [3.63, 3.8) is 0 Å². The number of unbranched alkanes of at least 4 members (excludes halogenated alkanes) is 2. The Kier molecular flexibility index (Phi) is 12.9. The van der Waals surface area contributed by atoms with Crippen molar-refractivity contribution < 1.29 is 38.1 Å². The van der Waals surface area contributed by atoms with E-state index in [1.165, 1.54) is 4.90 Å². The largest absolute Gasteiger partial charge is 0.489 e. The number of rotatable bonds is 17. The Balaban J connectivity index is 1.61. The number of sulfone groups is 1. The highest BCUT2D eigenvalue weighted by atomic mass is 32.2. The van der Waals surface area contributed by atoms with Gasteiger partial charge in [0, 0.05) is 38.2 Å². The van der Waals surface area contributed by atoms with E-state index >= 15 is 0 Å². The van der Waals surface area contributed by atoms with Crippen molar-refractivity contribution >= 4 is 27.5 Å². The van der Waals surface area contributed by atoms with Crippen molar-refractivity contribution in [2.75, 3.05) is 32.1 Å². The summed E-state index contributed by atoms with van der Waals surface area (Å²) in [5, 5.41) is 29.3. The van der Waals surface area contributed by atoms with Gasteiger partial charge < -0.3 is 25.0 Å². The molecule has 3 aromatic rings. The van der Waals surface area contributed by atoms with Gasteiger partial charge in [-0.1, -0.05) is 75.9 Å². The zero-order chi connectivity index (χ0) is 35.8. The Bertz CT molecular complexity index is 1650. The first-order valence-electron chi connectivity index (χ1n) is 17.0. The molecular formula is C38H50N2O8S. The molecule has 10 nitrogen and oxygen atoms in total. The number of hydrogen-bond acceptors (Lipinski definition) is 8. The number of aliphatic hydroxyl groups excluding tert-OH is 1. The molecular weight excluding hydrogens is 644 g/mol. The van der Waals surface area contributed by atoms with Gasteiger partial charge in [0.1, 0.15) is 12.4 Å². The maximum Gasteiger partial charge on any atom is 0.317 e. The van der Waals surface area contributed by atoms with E-state index in [0.29, 0.717) is 29.7 Å². The molecule has 0 saturated carbocycles. The van der Waals surface area contributed by atoms with Gasteiger partial charge in [0.15, 0.2) is 9.84 Å². The van der Waals surface area contributed by atoms with Crippen LogP contribution in [0.2, 0.25) is 0 Å². The van der Waals surface area contributed by atoms with Gasteiger partial charge >= 0.3 is 11.9 Å². The van der Waals surface area contributed by atoms with Crippen LogP contribution in [0.1, 0.15) is 79.9 Å². The van der Waals surface area contributed by atoms with E-state index in [1.807, 2.05) is 67.5 Å². The van der Waals surface area contributed by atoms with Crippen LogP contribution in [0, 0.1) is 5.41 Å². The van der Waals surface area contributed by atoms with Gasteiger partial charge in [-0.2, -0.15) is 0 Å². The van der Waals surface area contributed by atoms with Crippen LogP contribution in [-0.4, -0.2) is 73.9 Å². The number of benzene rings is 3. The second-order valence-electron chi connectivity index (χ2n) is 13.4. The smallest absolute Gasteiger partial charge is 0.317 e. The maximum atomic E-state index is 14.8. The van der Waals surface area contributed by atoms with E-state index in [1.54, 1.807) is 18.2 Å². The third-order valence-corrected chi connectivity index (χ3v) is 11.9. The Morgan fingerprint density at radius 3 is 1.96 bits per heavy atom. The van der Waals surface area contributed by atoms with E-state index < -0.39 is 38.5 Å². The fourth-order valence-corrected chi connectivity index (χ4v) is 9.55. The molecule has 266 valence electrons. The molecule has 0 radical (unpaired) electrons. The normalized spacial score (nSPS) is 18.0. The number of fused-ring (bicyclic) bond motifs is 1. The summed E-state index contributed by atoms with van der Waals surface area (Å²) in [6.45, 7) is 3.84. The van der Waals surface area contributed by atoms with Crippen LogP contribution in [0.4, 0.5) is 5.69 Å². The summed E-state index contributed by atoms with van der Waals surface area (Å²) in [5.41, 5.74) is 2.95. The lowest BCUT2D eigenvalue weighted by atomic mass is 9.68. The molecule has 11 heteroatoms. The molecule has 49 heavy (non-hydrogen) atoms. The van der Waals surface area contributed by atoms with Crippen molar-refractivity contribution in [2.24, 2.45) is 5.41 Å². The van der Waals surface area contributed by atoms with Crippen LogP contribution in [0.15, 0.2) is 71.6 Å². The minimum atomic E-state index is -3.90. The van der Waals surface area contributed by atoms with E-state index in [-0.39, 0.29) is 37.6 Å². The Labute approximate surface area is 290 Å². The lowest BCUT2D eigenvalue weighted by molar-refractivity contribution is -0.142. The molecule has 0 saturated heterocycles. The number of ether oxygens (including phenoxy) is 1. The van der Waals surface area contributed by atoms with Crippen molar-refractivity contribution in [1.29, 1.82) is 0 Å². The third kappa shape index (κ3) is 9.20. The van der Waals surface area contributed by atoms with Gasteiger partial charge in [0.05, 0.1) is 29.3 Å². The summed E-state index contributed by atoms with van der Waals surface area (Å²) in [6, 6.07) is 19.9. The molecule has 2 atom stereocenters. The van der Waals surface area contributed by atoms with Crippen molar-refractivity contribution in [3.8, 4) is 5.75 Å². The van der Waals surface area contributed by atoms with E-state index in [0.717, 1.165) is 42.5 Å². The van der Waals surface area contributed by atoms with E-state index in [9.17, 15) is 23.1 Å². The predicted octanol–water partition coefficient (Wildman–Crippen LogP) is 6.10. The van der Waals surface area contributed by atoms with Crippen LogP contribution >= 0.6 is 0 Å². The monoisotopic (exact) mass is 694 g/mol. The molecule has 0 aromatic heterocycles. The molecule has 0 bridgehead atoms. The van der Waals surface area contributed by atoms with Crippen molar-refractivity contribution in [3.05, 3.63) is 89.0 Å². The number of nitrogens with zero attached hydrogens (tertiary/aromatic N) is 2. The summed E-state index contributed by atoms with van der Waals surface area (Å²) < 4.78 is 35.6. The molecule has 3 aromatic carbocycles. The van der Waals surface area contributed by atoms with Crippen LogP contribution < -0.4 is 9.64 Å². The first kappa shape index (κ1) is 37.9. The number of hydrogen-bond donors (Lipinski definition) is 3. The summed E-state index contributed by atoms with van der Waals surface area (Å²) in [4.78, 5) is 25.8. The molecule has 0 fully saturated rings. The Hall–Kier alpha value is -3.93. The SMILES string of the molecule is CCCCC1(CCCC)C(O)Cc2cc(N(C)C)ccc2S(=O)(=O)C1c1ccc(OCc2ccc(CN(CC(=O)O)CC(=O)O)cc2)cc1. The van der Waals surface area contributed by atoms with Gasteiger partial charge in [-0.15, -0.1) is 0 Å². The molecule has 0 spiro atoms. The number of carboxylic acid groups (broad SMARTS) is 2. The maximum absolute atomic E-state index is 14.8. The summed E-state index contributed by atoms with van der Waals surface area (Å²) in [7, 11) is -0.0649. The fourth-order valence-electron chi connectivity index (χ4n) is 7.00. The molecule has 4 rings (SSSR count). The standard InChI is InChI=1S/C38H50N2O8S/c1-5-7-19-38(20-8-6-2)34(41)22-30-21-31(39(3)4)15-18-33(30)49(46,47)37(38)29-13-16-32(17-14-29)48-26-28-11-9-27(10-12-28)23-40(24-35(42)43)25-36(44)45/h9-18,21,34,37,41H,5-8,19-20,22-26H2,1-4H3,(H,42,43)(H,44,45). The third-order valence-electron chi connectivity index (χ3n) is 9.50. The van der Waals surface area contributed by atoms with Gasteiger partial charge in [-0.05, 0) is 65.4 Å². The highest BCUT2D eigenvalue weighted by Crippen LogP contribution is 2.55. The minimum Gasteiger partial charge on any atom is -0.489 e. The predicted molar refractivity (Wildman–Crippen MR) is 190 cm³/mol. The van der Waals surface area contributed by atoms with Crippen molar-refractivity contribution in [1.82, 2.24) is 4.90 Å². The molecule has 2 unspecified atom stereocenters. The van der Waals surface area contributed by atoms with Crippen LogP contribution in [0.5, 0.6) is 5.75 Å².